The van der Waals surface area contributed by atoms with Crippen LogP contribution in [0, 0.1) is 0 Å². The molecule has 0 saturated heterocycles. The number of nitrogens with zero attached hydrogens (tertiary/aromatic N) is 8. The van der Waals surface area contributed by atoms with Crippen molar-refractivity contribution in [1.29, 1.82) is 0 Å². The standard InChI is InChI=1S/C35H22N8/c1-2-10-25-24(9-1)36-19-29(40-25)23-17-18-33(41-20-37-26-11-3-6-14-30(26)41)35(43-22-39-28-13-5-8-16-32(28)43)34(23)42-21-38-27-12-4-7-15-31(27)42/h1-22H. The summed E-state index contributed by atoms with van der Waals surface area (Å²) >= 11 is 0. The Labute approximate surface area is 245 Å². The van der Waals surface area contributed by atoms with E-state index < -0.39 is 0 Å². The molecule has 5 aromatic carbocycles. The van der Waals surface area contributed by atoms with Crippen molar-refractivity contribution in [2.75, 3.05) is 0 Å². The Bertz CT molecular complexity index is 2480. The zero-order chi connectivity index (χ0) is 28.3. The molecule has 0 aliphatic carbocycles. The molecule has 0 fully saturated rings. The number of para-hydroxylation sites is 8. The smallest absolute Gasteiger partial charge is 0.101 e. The van der Waals surface area contributed by atoms with E-state index in [1.54, 1.807) is 0 Å². The maximum Gasteiger partial charge on any atom is 0.101 e. The second kappa shape index (κ2) is 9.19. The predicted molar refractivity (Wildman–Crippen MR) is 169 cm³/mol. The average Bonchev–Trinajstić information content (AvgIpc) is 3.81. The Kier molecular flexibility index (Phi) is 5.03. The average molecular weight is 555 g/mol. The molecule has 8 nitrogen and oxygen atoms in total. The second-order valence-corrected chi connectivity index (χ2v) is 10.4. The molecule has 4 aromatic heterocycles. The number of hydrogen-bond acceptors (Lipinski definition) is 5. The highest BCUT2D eigenvalue weighted by Crippen LogP contribution is 2.39. The van der Waals surface area contributed by atoms with E-state index >= 15 is 0 Å². The molecule has 0 aliphatic heterocycles. The van der Waals surface area contributed by atoms with Crippen LogP contribution >= 0.6 is 0 Å². The number of benzene rings is 5. The molecule has 8 heteroatoms. The first-order valence-electron chi connectivity index (χ1n) is 14.0. The Morgan fingerprint density at radius 1 is 0.395 bits per heavy atom. The summed E-state index contributed by atoms with van der Waals surface area (Å²) in [4.78, 5) is 24.2. The number of aromatic nitrogens is 8. The molecule has 9 aromatic rings. The predicted octanol–water partition coefficient (Wildman–Crippen LogP) is 7.31. The van der Waals surface area contributed by atoms with Crippen LogP contribution in [0.5, 0.6) is 0 Å². The summed E-state index contributed by atoms with van der Waals surface area (Å²) in [6.45, 7) is 0. The van der Waals surface area contributed by atoms with Gasteiger partial charge < -0.3 is 0 Å². The first-order valence-corrected chi connectivity index (χ1v) is 14.0. The summed E-state index contributed by atoms with van der Waals surface area (Å²) in [5, 5.41) is 0. The van der Waals surface area contributed by atoms with E-state index in [0.29, 0.717) is 0 Å². The molecule has 4 heterocycles. The molecule has 0 atom stereocenters. The van der Waals surface area contributed by atoms with E-state index in [0.717, 1.165) is 72.5 Å². The van der Waals surface area contributed by atoms with E-state index in [-0.39, 0.29) is 0 Å². The normalized spacial score (nSPS) is 11.7. The third kappa shape index (κ3) is 3.60. The van der Waals surface area contributed by atoms with Gasteiger partial charge in [0.05, 0.1) is 73.1 Å². The molecule has 0 unspecified atom stereocenters. The summed E-state index contributed by atoms with van der Waals surface area (Å²) in [7, 11) is 0. The summed E-state index contributed by atoms with van der Waals surface area (Å²) in [5.41, 5.74) is 11.9. The Balaban J connectivity index is 1.46. The van der Waals surface area contributed by atoms with Crippen molar-refractivity contribution in [3.8, 4) is 28.3 Å². The highest BCUT2D eigenvalue weighted by Gasteiger charge is 2.24. The van der Waals surface area contributed by atoms with Gasteiger partial charge in [-0.2, -0.15) is 0 Å². The van der Waals surface area contributed by atoms with E-state index in [9.17, 15) is 0 Å². The van der Waals surface area contributed by atoms with Crippen molar-refractivity contribution in [2.45, 2.75) is 0 Å². The molecule has 0 amide bonds. The van der Waals surface area contributed by atoms with Gasteiger partial charge in [0.25, 0.3) is 0 Å². The van der Waals surface area contributed by atoms with Gasteiger partial charge in [0.15, 0.2) is 0 Å². The van der Waals surface area contributed by atoms with Crippen LogP contribution in [0.1, 0.15) is 0 Å². The number of imidazole rings is 3. The van der Waals surface area contributed by atoms with Crippen LogP contribution < -0.4 is 0 Å². The van der Waals surface area contributed by atoms with Gasteiger partial charge in [-0.1, -0.05) is 48.5 Å². The molecule has 0 saturated carbocycles. The van der Waals surface area contributed by atoms with Crippen molar-refractivity contribution in [2.24, 2.45) is 0 Å². The Hall–Kier alpha value is -6.15. The van der Waals surface area contributed by atoms with Crippen LogP contribution in [0.4, 0.5) is 0 Å². The van der Waals surface area contributed by atoms with Crippen LogP contribution in [-0.2, 0) is 0 Å². The SMILES string of the molecule is c1ccc2nc(-c3ccc(-n4cnc5ccccc54)c(-n4cnc5ccccc54)c3-n3cnc4ccccc43)cnc2c1. The Morgan fingerprint density at radius 3 is 1.51 bits per heavy atom. The van der Waals surface area contributed by atoms with Crippen LogP contribution in [0.2, 0.25) is 0 Å². The molecule has 0 bridgehead atoms. The van der Waals surface area contributed by atoms with Crippen LogP contribution in [0.3, 0.4) is 0 Å². The van der Waals surface area contributed by atoms with Crippen LogP contribution in [0.15, 0.2) is 134 Å². The first kappa shape index (κ1) is 23.5. The zero-order valence-electron chi connectivity index (χ0n) is 22.8. The molecule has 0 spiro atoms. The lowest BCUT2D eigenvalue weighted by atomic mass is 10.0. The van der Waals surface area contributed by atoms with Crippen LogP contribution in [0.25, 0.3) is 72.5 Å². The largest absolute Gasteiger partial charge is 0.297 e. The van der Waals surface area contributed by atoms with E-state index in [1.807, 2.05) is 104 Å². The van der Waals surface area contributed by atoms with Gasteiger partial charge in [0, 0.05) is 5.56 Å². The fourth-order valence-electron chi connectivity index (χ4n) is 5.96. The zero-order valence-corrected chi connectivity index (χ0v) is 22.8. The second-order valence-electron chi connectivity index (χ2n) is 10.4. The number of fused-ring (bicyclic) bond motifs is 4. The maximum absolute atomic E-state index is 5.08. The molecule has 0 aliphatic rings. The lowest BCUT2D eigenvalue weighted by molar-refractivity contribution is 0.981. The van der Waals surface area contributed by atoms with Crippen molar-refractivity contribution in [1.82, 2.24) is 38.6 Å². The molecule has 202 valence electrons. The van der Waals surface area contributed by atoms with Gasteiger partial charge in [-0.25, -0.2) is 19.9 Å². The third-order valence-corrected chi connectivity index (χ3v) is 7.96. The van der Waals surface area contributed by atoms with Crippen molar-refractivity contribution >= 4 is 44.1 Å². The summed E-state index contributed by atoms with van der Waals surface area (Å²) in [6.07, 6.45) is 7.51. The molecule has 0 N–H and O–H groups in total. The van der Waals surface area contributed by atoms with Crippen LogP contribution in [-0.4, -0.2) is 38.6 Å². The topological polar surface area (TPSA) is 79.2 Å². The van der Waals surface area contributed by atoms with Crippen molar-refractivity contribution in [3.05, 3.63) is 134 Å². The number of rotatable bonds is 4. The van der Waals surface area contributed by atoms with Gasteiger partial charge in [0.2, 0.25) is 0 Å². The van der Waals surface area contributed by atoms with E-state index in [2.05, 4.69) is 44.0 Å². The lowest BCUT2D eigenvalue weighted by Crippen LogP contribution is -2.10. The molecule has 0 radical (unpaired) electrons. The van der Waals surface area contributed by atoms with Gasteiger partial charge >= 0.3 is 0 Å². The maximum atomic E-state index is 5.08. The minimum absolute atomic E-state index is 0.763. The fraction of sp³-hybridized carbons (Fsp3) is 0. The Morgan fingerprint density at radius 2 is 0.884 bits per heavy atom. The highest BCUT2D eigenvalue weighted by molar-refractivity contribution is 5.91. The monoisotopic (exact) mass is 554 g/mol. The van der Waals surface area contributed by atoms with Gasteiger partial charge in [0.1, 0.15) is 19.0 Å². The fourth-order valence-corrected chi connectivity index (χ4v) is 5.96. The van der Waals surface area contributed by atoms with E-state index in [4.69, 9.17) is 24.9 Å². The first-order chi connectivity index (χ1) is 21.3. The van der Waals surface area contributed by atoms with Crippen molar-refractivity contribution < 1.29 is 0 Å². The highest BCUT2D eigenvalue weighted by atomic mass is 15.2. The van der Waals surface area contributed by atoms with Gasteiger partial charge in [-0.05, 0) is 60.7 Å². The van der Waals surface area contributed by atoms with E-state index in [1.165, 1.54) is 0 Å². The molecular weight excluding hydrogens is 532 g/mol. The quantitative estimate of drug-likeness (QED) is 0.228. The summed E-state index contributed by atoms with van der Waals surface area (Å²) < 4.78 is 6.44. The minimum atomic E-state index is 0.763. The molecule has 43 heavy (non-hydrogen) atoms. The molecular formula is C35H22N8. The van der Waals surface area contributed by atoms with Crippen molar-refractivity contribution in [3.63, 3.8) is 0 Å². The summed E-state index contributed by atoms with van der Waals surface area (Å²) in [6, 6.07) is 36.7. The van der Waals surface area contributed by atoms with Gasteiger partial charge in [-0.15, -0.1) is 0 Å². The third-order valence-electron chi connectivity index (χ3n) is 7.96. The lowest BCUT2D eigenvalue weighted by Gasteiger charge is -2.22. The molecule has 9 rings (SSSR count). The number of hydrogen-bond donors (Lipinski definition) is 0. The van der Waals surface area contributed by atoms with Gasteiger partial charge in [-0.3, -0.25) is 18.7 Å². The summed E-state index contributed by atoms with van der Waals surface area (Å²) in [5.74, 6) is 0. The minimum Gasteiger partial charge on any atom is -0.297 e.